The molecule has 9 nitrogen and oxygen atoms in total. The number of benzene rings is 3. The van der Waals surface area contributed by atoms with Gasteiger partial charge in [-0.2, -0.15) is 0 Å². The van der Waals surface area contributed by atoms with Crippen molar-refractivity contribution in [1.82, 2.24) is 15.1 Å². The Labute approximate surface area is 263 Å². The van der Waals surface area contributed by atoms with Crippen molar-refractivity contribution in [2.24, 2.45) is 0 Å². The van der Waals surface area contributed by atoms with Crippen LogP contribution in [0.1, 0.15) is 37.5 Å². The van der Waals surface area contributed by atoms with E-state index in [4.69, 9.17) is 22.1 Å². The van der Waals surface area contributed by atoms with Crippen LogP contribution in [0.25, 0.3) is 0 Å². The first-order valence-corrected chi connectivity index (χ1v) is 15.4. The fraction of sp³-hybridized carbons (Fsp3) is 0.382. The Hall–Kier alpha value is -4.24. The lowest BCUT2D eigenvalue weighted by Crippen LogP contribution is -2.59. The molecule has 2 aliphatic heterocycles. The topological polar surface area (TPSA) is 108 Å². The average molecular weight is 618 g/mol. The maximum Gasteiger partial charge on any atom is 0.411 e. The zero-order valence-electron chi connectivity index (χ0n) is 25.5. The van der Waals surface area contributed by atoms with Crippen molar-refractivity contribution in [2.45, 2.75) is 57.8 Å². The number of amides is 3. The Bertz CT molecular complexity index is 1500. The van der Waals surface area contributed by atoms with Crippen molar-refractivity contribution in [3.05, 3.63) is 94.5 Å². The van der Waals surface area contributed by atoms with Crippen LogP contribution in [0, 0.1) is 0 Å². The normalized spacial score (nSPS) is 17.5. The van der Waals surface area contributed by atoms with Crippen molar-refractivity contribution in [2.75, 3.05) is 36.8 Å². The summed E-state index contributed by atoms with van der Waals surface area (Å²) in [7, 11) is 0. The number of carbonyl (C=O) groups is 3. The van der Waals surface area contributed by atoms with E-state index in [1.807, 2.05) is 60.7 Å². The zero-order valence-corrected chi connectivity index (χ0v) is 26.2. The molecule has 0 aromatic heterocycles. The Kier molecular flexibility index (Phi) is 9.34. The number of rotatable bonds is 6. The van der Waals surface area contributed by atoms with E-state index in [0.717, 1.165) is 22.4 Å². The van der Waals surface area contributed by atoms with E-state index in [0.29, 0.717) is 43.3 Å². The molecule has 0 spiro atoms. The summed E-state index contributed by atoms with van der Waals surface area (Å²) < 4.78 is 5.69. The lowest BCUT2D eigenvalue weighted by molar-refractivity contribution is -0.138. The van der Waals surface area contributed by atoms with Gasteiger partial charge in [0.1, 0.15) is 17.7 Å². The first kappa shape index (κ1) is 31.2. The molecular formula is C34H40ClN5O4. The smallest absolute Gasteiger partial charge is 0.411 e. The van der Waals surface area contributed by atoms with Crippen molar-refractivity contribution in [3.8, 4) is 0 Å². The second kappa shape index (κ2) is 13.2. The lowest BCUT2D eigenvalue weighted by atomic mass is 9.93. The van der Waals surface area contributed by atoms with Crippen molar-refractivity contribution >= 4 is 40.9 Å². The summed E-state index contributed by atoms with van der Waals surface area (Å²) in [5, 5.41) is 3.62. The molecule has 0 radical (unpaired) electrons. The first-order chi connectivity index (χ1) is 21.0. The van der Waals surface area contributed by atoms with Gasteiger partial charge in [-0.3, -0.25) is 14.5 Å². The number of ether oxygens (including phenoxy) is 1. The fourth-order valence-electron chi connectivity index (χ4n) is 5.76. The van der Waals surface area contributed by atoms with Crippen LogP contribution in [0.15, 0.2) is 72.8 Å². The molecule has 0 unspecified atom stereocenters. The van der Waals surface area contributed by atoms with Crippen LogP contribution >= 0.6 is 11.6 Å². The number of fused-ring (bicyclic) bond motifs is 1. The minimum atomic E-state index is -0.838. The molecule has 2 heterocycles. The van der Waals surface area contributed by atoms with Crippen LogP contribution in [0.5, 0.6) is 0 Å². The van der Waals surface area contributed by atoms with Crippen molar-refractivity contribution in [3.63, 3.8) is 0 Å². The third kappa shape index (κ3) is 7.45. The number of nitrogen functional groups attached to an aromatic ring is 1. The third-order valence-electron chi connectivity index (χ3n) is 8.02. The maximum atomic E-state index is 14.0. The summed E-state index contributed by atoms with van der Waals surface area (Å²) in [6.45, 7) is 7.84. The lowest BCUT2D eigenvalue weighted by Gasteiger charge is -2.39. The molecule has 232 valence electrons. The minimum Gasteiger partial charge on any atom is -0.444 e. The molecule has 3 aromatic carbocycles. The predicted molar refractivity (Wildman–Crippen MR) is 172 cm³/mol. The number of anilines is 2. The third-order valence-corrected chi connectivity index (χ3v) is 8.27. The van der Waals surface area contributed by atoms with Crippen molar-refractivity contribution < 1.29 is 19.1 Å². The summed E-state index contributed by atoms with van der Waals surface area (Å²) in [5.74, 6) is -0.567. The number of nitrogens with two attached hydrogens (primary N) is 1. The Morgan fingerprint density at radius 1 is 0.932 bits per heavy atom. The Morgan fingerprint density at radius 2 is 1.57 bits per heavy atom. The summed E-state index contributed by atoms with van der Waals surface area (Å²) in [6.07, 6.45) is 0.0351. The minimum absolute atomic E-state index is 0.172. The second-order valence-electron chi connectivity index (χ2n) is 12.4. The maximum absolute atomic E-state index is 14.0. The van der Waals surface area contributed by atoms with Crippen LogP contribution in [0.3, 0.4) is 0 Å². The number of nitrogens with one attached hydrogen (secondary N) is 1. The van der Waals surface area contributed by atoms with Gasteiger partial charge in [0.25, 0.3) is 0 Å². The summed E-state index contributed by atoms with van der Waals surface area (Å²) in [4.78, 5) is 46.8. The van der Waals surface area contributed by atoms with E-state index in [2.05, 4.69) is 10.2 Å². The van der Waals surface area contributed by atoms with Gasteiger partial charge in [-0.25, -0.2) is 4.79 Å². The van der Waals surface area contributed by atoms with Crippen molar-refractivity contribution in [1.29, 1.82) is 0 Å². The molecule has 1 fully saturated rings. The summed E-state index contributed by atoms with van der Waals surface area (Å²) in [6, 6.07) is 21.0. The average Bonchev–Trinajstić information content (AvgIpc) is 3.00. The molecule has 0 saturated carbocycles. The highest BCUT2D eigenvalue weighted by molar-refractivity contribution is 6.30. The standard InChI is InChI=1S/C34H40ClN5O4/c1-34(2,3)44-33(43)40-22-25-9-5-4-8-24(25)21-30(40)31(41)37-28(20-23-12-14-26(35)15-13-23)32(42)39-18-16-38(17-19-39)29-11-7-6-10-27(29)36/h4-15,28,30H,16-22,36H2,1-3H3,(H,37,41)/t28-,30+/m1/s1. The first-order valence-electron chi connectivity index (χ1n) is 15.0. The van der Waals surface area contributed by atoms with Gasteiger partial charge in [0.15, 0.2) is 0 Å². The van der Waals surface area contributed by atoms with Crippen LogP contribution in [-0.4, -0.2) is 71.6 Å². The molecule has 3 aromatic rings. The van der Waals surface area contributed by atoms with E-state index in [1.165, 1.54) is 4.90 Å². The molecule has 5 rings (SSSR count). The quantitative estimate of drug-likeness (QED) is 0.390. The van der Waals surface area contributed by atoms with Crippen LogP contribution in [0.2, 0.25) is 5.02 Å². The predicted octanol–water partition coefficient (Wildman–Crippen LogP) is 4.66. The number of halogens is 1. The zero-order chi connectivity index (χ0) is 31.4. The van der Waals surface area contributed by atoms with E-state index in [1.54, 1.807) is 37.8 Å². The fourth-order valence-corrected chi connectivity index (χ4v) is 5.88. The monoisotopic (exact) mass is 617 g/mol. The van der Waals surface area contributed by atoms with Crippen LogP contribution in [0.4, 0.5) is 16.2 Å². The number of piperazine rings is 1. The largest absolute Gasteiger partial charge is 0.444 e. The second-order valence-corrected chi connectivity index (χ2v) is 12.8. The van der Waals surface area contributed by atoms with E-state index < -0.39 is 29.7 Å². The highest BCUT2D eigenvalue weighted by Crippen LogP contribution is 2.27. The molecule has 2 atom stereocenters. The summed E-state index contributed by atoms with van der Waals surface area (Å²) >= 11 is 6.12. The van der Waals surface area contributed by atoms with Gasteiger partial charge in [0.05, 0.1) is 17.9 Å². The Morgan fingerprint density at radius 3 is 2.23 bits per heavy atom. The molecule has 3 N–H and O–H groups in total. The number of nitrogens with zero attached hydrogens (tertiary/aromatic N) is 3. The molecule has 1 saturated heterocycles. The van der Waals surface area contributed by atoms with E-state index in [-0.39, 0.29) is 18.9 Å². The molecule has 3 amide bonds. The van der Waals surface area contributed by atoms with Gasteiger partial charge < -0.3 is 25.6 Å². The van der Waals surface area contributed by atoms with Gasteiger partial charge >= 0.3 is 6.09 Å². The van der Waals surface area contributed by atoms with E-state index in [9.17, 15) is 14.4 Å². The number of carbonyl (C=O) groups excluding carboxylic acids is 3. The van der Waals surface area contributed by atoms with Gasteiger partial charge in [0, 0.05) is 44.0 Å². The molecule has 0 aliphatic carbocycles. The number of para-hydroxylation sites is 2. The Balaban J connectivity index is 1.36. The summed E-state index contributed by atoms with van der Waals surface area (Å²) in [5.41, 5.74) is 9.93. The molecular weight excluding hydrogens is 578 g/mol. The van der Waals surface area contributed by atoms with E-state index >= 15 is 0 Å². The highest BCUT2D eigenvalue weighted by Gasteiger charge is 2.39. The van der Waals surface area contributed by atoms with Crippen LogP contribution < -0.4 is 16.0 Å². The van der Waals surface area contributed by atoms with Gasteiger partial charge in [-0.05, 0) is 61.7 Å². The molecule has 2 aliphatic rings. The highest BCUT2D eigenvalue weighted by atomic mass is 35.5. The number of hydrogen-bond donors (Lipinski definition) is 2. The number of hydrogen-bond acceptors (Lipinski definition) is 6. The van der Waals surface area contributed by atoms with Gasteiger partial charge in [0.2, 0.25) is 11.8 Å². The van der Waals surface area contributed by atoms with Crippen LogP contribution in [-0.2, 0) is 33.7 Å². The molecule has 0 bridgehead atoms. The SMILES string of the molecule is CC(C)(C)OC(=O)N1Cc2ccccc2C[C@H]1C(=O)N[C@H](Cc1ccc(Cl)cc1)C(=O)N1CCN(c2ccccc2N)CC1. The molecule has 44 heavy (non-hydrogen) atoms. The van der Waals surface area contributed by atoms with Gasteiger partial charge in [-0.15, -0.1) is 0 Å². The molecule has 10 heteroatoms. The van der Waals surface area contributed by atoms with Gasteiger partial charge in [-0.1, -0.05) is 60.1 Å².